The van der Waals surface area contributed by atoms with Crippen molar-refractivity contribution in [3.8, 4) is 0 Å². The lowest BCUT2D eigenvalue weighted by Crippen LogP contribution is -2.07. The van der Waals surface area contributed by atoms with Gasteiger partial charge >= 0.3 is 0 Å². The van der Waals surface area contributed by atoms with Crippen molar-refractivity contribution < 1.29 is 8.78 Å². The highest BCUT2D eigenvalue weighted by Gasteiger charge is 2.05. The lowest BCUT2D eigenvalue weighted by Gasteiger charge is -2.08. The van der Waals surface area contributed by atoms with Gasteiger partial charge in [-0.05, 0) is 18.8 Å². The van der Waals surface area contributed by atoms with Crippen molar-refractivity contribution in [1.82, 2.24) is 4.98 Å². The van der Waals surface area contributed by atoms with E-state index in [2.05, 4.69) is 17.2 Å². The molecule has 0 aliphatic heterocycles. The van der Waals surface area contributed by atoms with E-state index >= 15 is 0 Å². The van der Waals surface area contributed by atoms with Gasteiger partial charge in [-0.2, -0.15) is 0 Å². The molecule has 0 aromatic carbocycles. The van der Waals surface area contributed by atoms with Crippen LogP contribution in [-0.2, 0) is 0 Å². The van der Waals surface area contributed by atoms with Gasteiger partial charge in [-0.15, -0.1) is 11.6 Å². The maximum atomic E-state index is 13.1. The summed E-state index contributed by atoms with van der Waals surface area (Å²) in [6.45, 7) is 2.67. The fourth-order valence-corrected chi connectivity index (χ4v) is 1.43. The van der Waals surface area contributed by atoms with Gasteiger partial charge in [-0.25, -0.2) is 13.8 Å². The zero-order valence-electron chi connectivity index (χ0n) is 9.14. The molecule has 1 aromatic heterocycles. The Morgan fingerprint density at radius 3 is 2.88 bits per heavy atom. The van der Waals surface area contributed by atoms with E-state index in [1.54, 1.807) is 0 Å². The number of anilines is 1. The Hall–Kier alpha value is -0.900. The van der Waals surface area contributed by atoms with E-state index in [1.165, 1.54) is 0 Å². The molecule has 1 unspecified atom stereocenters. The average molecular weight is 249 g/mol. The van der Waals surface area contributed by atoms with E-state index in [-0.39, 0.29) is 5.82 Å². The molecule has 0 saturated heterocycles. The maximum Gasteiger partial charge on any atom is 0.168 e. The van der Waals surface area contributed by atoms with E-state index < -0.39 is 11.6 Å². The van der Waals surface area contributed by atoms with Crippen LogP contribution in [0.15, 0.2) is 12.3 Å². The van der Waals surface area contributed by atoms with Crippen molar-refractivity contribution in [1.29, 1.82) is 0 Å². The van der Waals surface area contributed by atoms with Crippen LogP contribution in [0.2, 0.25) is 0 Å². The fourth-order valence-electron chi connectivity index (χ4n) is 1.28. The van der Waals surface area contributed by atoms with Crippen molar-refractivity contribution in [2.24, 2.45) is 5.92 Å². The van der Waals surface area contributed by atoms with Crippen molar-refractivity contribution in [2.75, 3.05) is 17.7 Å². The molecule has 0 bridgehead atoms. The number of aromatic nitrogens is 1. The Balaban J connectivity index is 2.32. The number of hydrogen-bond acceptors (Lipinski definition) is 2. The largest absolute Gasteiger partial charge is 0.368 e. The molecule has 2 nitrogen and oxygen atoms in total. The van der Waals surface area contributed by atoms with Crippen LogP contribution in [0.1, 0.15) is 19.8 Å². The lowest BCUT2D eigenvalue weighted by molar-refractivity contribution is 0.564. The van der Waals surface area contributed by atoms with E-state index in [1.807, 2.05) is 0 Å². The molecule has 0 aliphatic carbocycles. The Bertz CT molecular complexity index is 334. The SMILES string of the molecule is CC(CCl)CCCNc1ncc(F)cc1F. The Morgan fingerprint density at radius 2 is 2.25 bits per heavy atom. The summed E-state index contributed by atoms with van der Waals surface area (Å²) in [5.74, 6) is -0.151. The Morgan fingerprint density at radius 1 is 1.50 bits per heavy atom. The molecule has 90 valence electrons. The molecule has 0 radical (unpaired) electrons. The first-order valence-electron chi connectivity index (χ1n) is 5.24. The number of nitrogens with zero attached hydrogens (tertiary/aromatic N) is 1. The molecular weight excluding hydrogens is 234 g/mol. The van der Waals surface area contributed by atoms with Crippen molar-refractivity contribution in [3.05, 3.63) is 23.9 Å². The molecule has 1 heterocycles. The molecule has 0 aliphatic rings. The van der Waals surface area contributed by atoms with Gasteiger partial charge in [0.25, 0.3) is 0 Å². The summed E-state index contributed by atoms with van der Waals surface area (Å²) in [4.78, 5) is 3.63. The number of rotatable bonds is 6. The van der Waals surface area contributed by atoms with Gasteiger partial charge in [-0.3, -0.25) is 0 Å². The molecule has 5 heteroatoms. The number of hydrogen-bond donors (Lipinski definition) is 1. The van der Waals surface area contributed by atoms with Gasteiger partial charge in [0.05, 0.1) is 6.20 Å². The first-order valence-corrected chi connectivity index (χ1v) is 5.77. The number of nitrogens with one attached hydrogen (secondary N) is 1. The lowest BCUT2D eigenvalue weighted by atomic mass is 10.1. The first-order chi connectivity index (χ1) is 7.63. The van der Waals surface area contributed by atoms with E-state index in [9.17, 15) is 8.78 Å². The van der Waals surface area contributed by atoms with Gasteiger partial charge < -0.3 is 5.32 Å². The van der Waals surface area contributed by atoms with Crippen LogP contribution in [0.25, 0.3) is 0 Å². The molecule has 16 heavy (non-hydrogen) atoms. The van der Waals surface area contributed by atoms with Gasteiger partial charge in [-0.1, -0.05) is 6.92 Å². The van der Waals surface area contributed by atoms with Crippen LogP contribution in [0.4, 0.5) is 14.6 Å². The highest BCUT2D eigenvalue weighted by Crippen LogP contribution is 2.12. The summed E-state index contributed by atoms with van der Waals surface area (Å²) in [5.41, 5.74) is 0. The van der Waals surface area contributed by atoms with Gasteiger partial charge in [0, 0.05) is 18.5 Å². The van der Waals surface area contributed by atoms with Crippen molar-refractivity contribution in [3.63, 3.8) is 0 Å². The number of alkyl halides is 1. The monoisotopic (exact) mass is 248 g/mol. The molecule has 0 saturated carbocycles. The van der Waals surface area contributed by atoms with Gasteiger partial charge in [0.1, 0.15) is 5.82 Å². The summed E-state index contributed by atoms with van der Waals surface area (Å²) < 4.78 is 25.7. The normalized spacial score (nSPS) is 12.5. The second-order valence-corrected chi connectivity index (χ2v) is 4.12. The van der Waals surface area contributed by atoms with Gasteiger partial charge in [0.2, 0.25) is 0 Å². The zero-order chi connectivity index (χ0) is 12.0. The smallest absolute Gasteiger partial charge is 0.168 e. The maximum absolute atomic E-state index is 13.1. The standard InChI is InChI=1S/C11H15ClF2N2/c1-8(6-12)3-2-4-15-11-10(14)5-9(13)7-16-11/h5,7-8H,2-4,6H2,1H3,(H,15,16). The molecule has 0 spiro atoms. The highest BCUT2D eigenvalue weighted by molar-refractivity contribution is 6.18. The molecule has 0 amide bonds. The minimum absolute atomic E-state index is 0.0972. The van der Waals surface area contributed by atoms with Crippen LogP contribution in [-0.4, -0.2) is 17.4 Å². The van der Waals surface area contributed by atoms with Gasteiger partial charge in [0.15, 0.2) is 11.6 Å². The molecular formula is C11H15ClF2N2. The van der Waals surface area contributed by atoms with Crippen LogP contribution < -0.4 is 5.32 Å². The third-order valence-electron chi connectivity index (χ3n) is 2.24. The average Bonchev–Trinajstić information content (AvgIpc) is 2.26. The molecule has 1 N–H and O–H groups in total. The van der Waals surface area contributed by atoms with E-state index in [0.717, 1.165) is 25.1 Å². The molecule has 1 aromatic rings. The predicted octanol–water partition coefficient (Wildman–Crippen LogP) is 3.43. The minimum atomic E-state index is -0.668. The Labute approximate surface area is 99.0 Å². The van der Waals surface area contributed by atoms with E-state index in [4.69, 9.17) is 11.6 Å². The number of pyridine rings is 1. The van der Waals surface area contributed by atoms with Crippen LogP contribution >= 0.6 is 11.6 Å². The highest BCUT2D eigenvalue weighted by atomic mass is 35.5. The zero-order valence-corrected chi connectivity index (χ0v) is 9.90. The number of halogens is 3. The van der Waals surface area contributed by atoms with Crippen LogP contribution in [0.3, 0.4) is 0 Å². The van der Waals surface area contributed by atoms with E-state index in [0.29, 0.717) is 18.3 Å². The quantitative estimate of drug-likeness (QED) is 0.616. The summed E-state index contributed by atoms with van der Waals surface area (Å²) in [5, 5.41) is 2.82. The minimum Gasteiger partial charge on any atom is -0.368 e. The van der Waals surface area contributed by atoms with Crippen molar-refractivity contribution >= 4 is 17.4 Å². The Kier molecular flexibility index (Phi) is 5.46. The third-order valence-corrected chi connectivity index (χ3v) is 2.76. The van der Waals surface area contributed by atoms with Crippen LogP contribution in [0, 0.1) is 17.6 Å². The second-order valence-electron chi connectivity index (χ2n) is 3.81. The predicted molar refractivity (Wildman–Crippen MR) is 61.8 cm³/mol. The third kappa shape index (κ3) is 4.31. The van der Waals surface area contributed by atoms with Crippen molar-refractivity contribution in [2.45, 2.75) is 19.8 Å². The fraction of sp³-hybridized carbons (Fsp3) is 0.545. The molecule has 0 fully saturated rings. The molecule has 1 rings (SSSR count). The summed E-state index contributed by atoms with van der Waals surface area (Å²) in [6.07, 6.45) is 2.85. The topological polar surface area (TPSA) is 24.9 Å². The summed E-state index contributed by atoms with van der Waals surface area (Å²) in [6, 6.07) is 0.816. The second kappa shape index (κ2) is 6.63. The first kappa shape index (κ1) is 13.2. The summed E-state index contributed by atoms with van der Waals surface area (Å²) >= 11 is 5.66. The summed E-state index contributed by atoms with van der Waals surface area (Å²) in [7, 11) is 0. The molecule has 1 atom stereocenters. The van der Waals surface area contributed by atoms with Crippen LogP contribution in [0.5, 0.6) is 0 Å².